The predicted molar refractivity (Wildman–Crippen MR) is 268 cm³/mol. The van der Waals surface area contributed by atoms with Crippen LogP contribution in [0.2, 0.25) is 0 Å². The summed E-state index contributed by atoms with van der Waals surface area (Å²) in [6.07, 6.45) is 80.9. The molecule has 1 rings (SSSR count). The highest BCUT2D eigenvalue weighted by atomic mass is 14.3. The van der Waals surface area contributed by atoms with Crippen molar-refractivity contribution in [2.45, 2.75) is 361 Å². The third kappa shape index (κ3) is 42.7. The van der Waals surface area contributed by atoms with Gasteiger partial charge in [0.15, 0.2) is 0 Å². The SMILES string of the molecule is CCCCCCCCC1CCCCCCCCCCCCCCCCCCCCCCCCCCCCCCCCCCCCCCCCC1CCCCCCCC. The van der Waals surface area contributed by atoms with Crippen LogP contribution in [0.1, 0.15) is 361 Å². The van der Waals surface area contributed by atoms with E-state index in [-0.39, 0.29) is 0 Å². The summed E-state index contributed by atoms with van der Waals surface area (Å²) >= 11 is 0. The van der Waals surface area contributed by atoms with Crippen molar-refractivity contribution in [2.75, 3.05) is 0 Å². The van der Waals surface area contributed by atoms with Gasteiger partial charge in [-0.1, -0.05) is 361 Å². The van der Waals surface area contributed by atoms with E-state index < -0.39 is 0 Å². The molecular weight excluding hydrogens is 697 g/mol. The molecule has 0 bridgehead atoms. The first kappa shape index (κ1) is 56.0. The van der Waals surface area contributed by atoms with Gasteiger partial charge in [0.1, 0.15) is 0 Å². The Labute approximate surface area is 371 Å². The van der Waals surface area contributed by atoms with Gasteiger partial charge in [0.05, 0.1) is 0 Å². The van der Waals surface area contributed by atoms with Crippen LogP contribution in [0.25, 0.3) is 0 Å². The van der Waals surface area contributed by atoms with Crippen LogP contribution in [0.5, 0.6) is 0 Å². The number of hydrogen-bond acceptors (Lipinski definition) is 0. The van der Waals surface area contributed by atoms with Crippen molar-refractivity contribution < 1.29 is 0 Å². The van der Waals surface area contributed by atoms with Gasteiger partial charge in [-0.3, -0.25) is 0 Å². The molecule has 0 saturated heterocycles. The molecule has 1 saturated carbocycles. The Hall–Kier alpha value is 0. The van der Waals surface area contributed by atoms with Crippen LogP contribution in [0, 0.1) is 11.8 Å². The first-order chi connectivity index (χ1) is 28.9. The second-order valence-corrected chi connectivity index (χ2v) is 20.6. The van der Waals surface area contributed by atoms with Crippen molar-refractivity contribution in [3.8, 4) is 0 Å². The molecule has 1 fully saturated rings. The van der Waals surface area contributed by atoms with Gasteiger partial charge in [0, 0.05) is 0 Å². The second kappa shape index (κ2) is 49.7. The van der Waals surface area contributed by atoms with E-state index >= 15 is 0 Å². The first-order valence-corrected chi connectivity index (χ1v) is 28.9. The molecule has 1 aliphatic carbocycles. The van der Waals surface area contributed by atoms with Crippen LogP contribution in [-0.2, 0) is 0 Å². The van der Waals surface area contributed by atoms with Gasteiger partial charge in [-0.2, -0.15) is 0 Å². The highest BCUT2D eigenvalue weighted by Gasteiger charge is 2.21. The molecule has 0 radical (unpaired) electrons. The molecule has 0 aliphatic heterocycles. The average molecular weight is 814 g/mol. The summed E-state index contributed by atoms with van der Waals surface area (Å²) < 4.78 is 0. The van der Waals surface area contributed by atoms with E-state index in [1.165, 1.54) is 321 Å². The number of hydrogen-bond donors (Lipinski definition) is 0. The lowest BCUT2D eigenvalue weighted by Crippen LogP contribution is -2.16. The molecule has 2 atom stereocenters. The fraction of sp³-hybridized carbons (Fsp3) is 1.00. The third-order valence-electron chi connectivity index (χ3n) is 14.9. The van der Waals surface area contributed by atoms with Gasteiger partial charge in [-0.25, -0.2) is 0 Å². The zero-order chi connectivity index (χ0) is 41.3. The molecule has 348 valence electrons. The van der Waals surface area contributed by atoms with Crippen molar-refractivity contribution >= 4 is 0 Å². The maximum absolute atomic E-state index is 2.36. The lowest BCUT2D eigenvalue weighted by Gasteiger charge is -2.28. The summed E-state index contributed by atoms with van der Waals surface area (Å²) in [5, 5.41) is 0. The lowest BCUT2D eigenvalue weighted by molar-refractivity contribution is 0.236. The molecule has 0 nitrogen and oxygen atoms in total. The lowest BCUT2D eigenvalue weighted by atomic mass is 9.78. The molecule has 0 aromatic rings. The van der Waals surface area contributed by atoms with E-state index in [0.29, 0.717) is 0 Å². The Morgan fingerprint density at radius 2 is 0.345 bits per heavy atom. The van der Waals surface area contributed by atoms with Crippen molar-refractivity contribution in [3.63, 3.8) is 0 Å². The summed E-state index contributed by atoms with van der Waals surface area (Å²) in [7, 11) is 0. The molecule has 0 N–H and O–H groups in total. The number of unbranched alkanes of at least 4 members (excludes halogenated alkanes) is 10. The summed E-state index contributed by atoms with van der Waals surface area (Å²) in [6.45, 7) is 4.73. The summed E-state index contributed by atoms with van der Waals surface area (Å²) in [5.41, 5.74) is 0. The monoisotopic (exact) mass is 813 g/mol. The van der Waals surface area contributed by atoms with Gasteiger partial charge in [-0.15, -0.1) is 0 Å². The Morgan fingerprint density at radius 1 is 0.190 bits per heavy atom. The van der Waals surface area contributed by atoms with E-state index in [1.807, 2.05) is 0 Å². The van der Waals surface area contributed by atoms with E-state index in [1.54, 1.807) is 25.7 Å². The maximum Gasteiger partial charge on any atom is -0.0386 e. The minimum atomic E-state index is 1.02. The average Bonchev–Trinajstić information content (AvgIpc) is 3.23. The molecule has 58 heavy (non-hydrogen) atoms. The van der Waals surface area contributed by atoms with Crippen LogP contribution in [0.15, 0.2) is 0 Å². The van der Waals surface area contributed by atoms with Crippen molar-refractivity contribution in [1.82, 2.24) is 0 Å². The molecule has 0 aromatic heterocycles. The van der Waals surface area contributed by atoms with Gasteiger partial charge in [0.2, 0.25) is 0 Å². The summed E-state index contributed by atoms with van der Waals surface area (Å²) in [4.78, 5) is 0. The van der Waals surface area contributed by atoms with E-state index in [9.17, 15) is 0 Å². The minimum absolute atomic E-state index is 1.02. The van der Waals surface area contributed by atoms with Crippen LogP contribution in [-0.4, -0.2) is 0 Å². The maximum atomic E-state index is 2.36. The topological polar surface area (TPSA) is 0 Å². The quantitative estimate of drug-likeness (QED) is 0.153. The fourth-order valence-corrected chi connectivity index (χ4v) is 10.8. The van der Waals surface area contributed by atoms with Crippen molar-refractivity contribution in [1.29, 1.82) is 0 Å². The smallest absolute Gasteiger partial charge is 0.0386 e. The van der Waals surface area contributed by atoms with Crippen LogP contribution < -0.4 is 0 Å². The normalized spacial score (nSPS) is 23.3. The summed E-state index contributed by atoms with van der Waals surface area (Å²) in [5.74, 6) is 2.05. The van der Waals surface area contributed by atoms with Crippen LogP contribution in [0.4, 0.5) is 0 Å². The Bertz CT molecular complexity index is 649. The molecule has 0 amide bonds. The van der Waals surface area contributed by atoms with Crippen LogP contribution >= 0.6 is 0 Å². The minimum Gasteiger partial charge on any atom is -0.0654 e. The molecule has 1 aliphatic rings. The molecule has 2 unspecified atom stereocenters. The Morgan fingerprint density at radius 3 is 0.534 bits per heavy atom. The zero-order valence-corrected chi connectivity index (χ0v) is 41.3. The molecule has 0 spiro atoms. The van der Waals surface area contributed by atoms with Gasteiger partial charge < -0.3 is 0 Å². The standard InChI is InChI=1S/C58H116/c1-3-5-7-9-45-49-53-57-55-51-47-43-41-39-37-35-33-31-29-27-25-23-21-19-17-15-13-11-12-14-16-18-20-22-24-26-28-30-32-34-36-38-40-42-44-48-52-56-58(57)54-50-46-10-8-6-4-2/h57-58H,3-56H2,1-2H3. The summed E-state index contributed by atoms with van der Waals surface area (Å²) in [6, 6.07) is 0. The van der Waals surface area contributed by atoms with E-state index in [4.69, 9.17) is 0 Å². The zero-order valence-electron chi connectivity index (χ0n) is 41.3. The largest absolute Gasteiger partial charge is 0.0654 e. The van der Waals surface area contributed by atoms with Crippen molar-refractivity contribution in [2.24, 2.45) is 11.8 Å². The highest BCUT2D eigenvalue weighted by Crippen LogP contribution is 2.34. The van der Waals surface area contributed by atoms with Gasteiger partial charge in [0.25, 0.3) is 0 Å². The Balaban J connectivity index is 2.50. The second-order valence-electron chi connectivity index (χ2n) is 20.6. The van der Waals surface area contributed by atoms with Gasteiger partial charge in [-0.05, 0) is 11.8 Å². The molecule has 0 heteroatoms. The Kier molecular flexibility index (Phi) is 48.0. The fourth-order valence-electron chi connectivity index (χ4n) is 10.8. The van der Waals surface area contributed by atoms with Gasteiger partial charge >= 0.3 is 0 Å². The molecule has 0 aromatic carbocycles. The predicted octanol–water partition coefficient (Wildman–Crippen LogP) is 22.3. The highest BCUT2D eigenvalue weighted by molar-refractivity contribution is 4.73. The van der Waals surface area contributed by atoms with Crippen molar-refractivity contribution in [3.05, 3.63) is 0 Å². The molecule has 0 heterocycles. The van der Waals surface area contributed by atoms with E-state index in [0.717, 1.165) is 11.8 Å². The first-order valence-electron chi connectivity index (χ1n) is 28.9. The van der Waals surface area contributed by atoms with E-state index in [2.05, 4.69) is 13.8 Å². The van der Waals surface area contributed by atoms with Crippen LogP contribution in [0.3, 0.4) is 0 Å². The molecular formula is C58H116. The third-order valence-corrected chi connectivity index (χ3v) is 14.9. The number of rotatable bonds is 14.